The minimum Gasteiger partial charge on any atom is -0.479 e. The summed E-state index contributed by atoms with van der Waals surface area (Å²) >= 11 is 0. The van der Waals surface area contributed by atoms with Gasteiger partial charge in [0.15, 0.2) is 11.6 Å². The zero-order chi connectivity index (χ0) is 29.1. The molecule has 1 aliphatic rings. The summed E-state index contributed by atoms with van der Waals surface area (Å²) in [4.78, 5) is 9.39. The highest BCUT2D eigenvalue weighted by molar-refractivity contribution is 5.90. The number of hydrogen-bond acceptors (Lipinski definition) is 6. The first-order valence-corrected chi connectivity index (χ1v) is 11.2. The maximum Gasteiger partial charge on any atom is 0.280 e. The molecule has 5 rings (SSSR count). The zero-order valence-corrected chi connectivity index (χ0v) is 19.6. The van der Waals surface area contributed by atoms with Crippen LogP contribution in [0.25, 0.3) is 27.7 Å². The number of likely N-dealkylation sites (tertiary alicyclic amines) is 1. The van der Waals surface area contributed by atoms with Crippen LogP contribution in [0.5, 0.6) is 5.88 Å². The van der Waals surface area contributed by atoms with Crippen LogP contribution < -0.4 is 10.1 Å². The maximum atomic E-state index is 15.4. The highest BCUT2D eigenvalue weighted by Crippen LogP contribution is 2.37. The van der Waals surface area contributed by atoms with Crippen LogP contribution in [0.15, 0.2) is 18.3 Å². The second-order valence-corrected chi connectivity index (χ2v) is 8.96. The number of methoxy groups -OCH3 is 1. The summed E-state index contributed by atoms with van der Waals surface area (Å²) in [6, 6.07) is 0.727. The lowest BCUT2D eigenvalue weighted by Gasteiger charge is -2.36. The van der Waals surface area contributed by atoms with E-state index >= 15 is 8.78 Å². The number of rotatable bonds is 6. The zero-order valence-electron chi connectivity index (χ0n) is 22.6. The fourth-order valence-corrected chi connectivity index (χ4v) is 4.68. The van der Waals surface area contributed by atoms with Crippen molar-refractivity contribution in [2.24, 2.45) is 0 Å². The van der Waals surface area contributed by atoms with Crippen LogP contribution in [0.3, 0.4) is 0 Å². The molecule has 1 aliphatic heterocycles. The van der Waals surface area contributed by atoms with E-state index in [4.69, 9.17) is 8.85 Å². The quantitative estimate of drug-likeness (QED) is 0.374. The number of alkyl halides is 4. The average Bonchev–Trinajstić information content (AvgIpc) is 3.30. The molecular formula is C23H23F6N7O. The fourth-order valence-electron chi connectivity index (χ4n) is 4.68. The number of nitrogens with one attached hydrogen (secondary N) is 1. The number of aryl methyl sites for hydroxylation is 1. The number of fused-ring (bicyclic) bond motifs is 2. The van der Waals surface area contributed by atoms with E-state index in [-0.39, 0.29) is 34.4 Å². The number of aromatic nitrogens is 5. The number of halogens is 6. The van der Waals surface area contributed by atoms with Gasteiger partial charge in [0.25, 0.3) is 12.3 Å². The van der Waals surface area contributed by atoms with Gasteiger partial charge in [-0.2, -0.15) is 4.98 Å². The Morgan fingerprint density at radius 3 is 2.73 bits per heavy atom. The molecule has 0 bridgehead atoms. The van der Waals surface area contributed by atoms with Gasteiger partial charge in [-0.25, -0.2) is 35.8 Å². The van der Waals surface area contributed by atoms with Crippen LogP contribution in [0.2, 0.25) is 0 Å². The summed E-state index contributed by atoms with van der Waals surface area (Å²) in [5.74, 6) is -6.17. The smallest absolute Gasteiger partial charge is 0.280 e. The SMILES string of the molecule is [2H]C([2H])([2H])Oc1nc(NC2CCN(C)CC2(F)F)nn2cc(F)c(-c3cc(F)c4nc(C)n(CC(F)F)c4c3)c12. The van der Waals surface area contributed by atoms with E-state index in [0.717, 1.165) is 21.3 Å². The largest absolute Gasteiger partial charge is 0.479 e. The van der Waals surface area contributed by atoms with Gasteiger partial charge in [0.1, 0.15) is 16.9 Å². The second-order valence-electron chi connectivity index (χ2n) is 8.96. The molecule has 1 unspecified atom stereocenters. The molecule has 8 nitrogen and oxygen atoms in total. The van der Waals surface area contributed by atoms with E-state index in [1.807, 2.05) is 0 Å². The average molecular weight is 530 g/mol. The summed E-state index contributed by atoms with van der Waals surface area (Å²) in [5, 5.41) is 6.52. The van der Waals surface area contributed by atoms with E-state index in [9.17, 15) is 17.6 Å². The van der Waals surface area contributed by atoms with Crippen molar-refractivity contribution in [3.8, 4) is 17.0 Å². The highest BCUT2D eigenvalue weighted by atomic mass is 19.3. The molecule has 0 saturated carbocycles. The number of piperidine rings is 1. The van der Waals surface area contributed by atoms with Crippen LogP contribution in [0.4, 0.5) is 32.3 Å². The van der Waals surface area contributed by atoms with Gasteiger partial charge >= 0.3 is 0 Å². The van der Waals surface area contributed by atoms with Gasteiger partial charge in [-0.3, -0.25) is 0 Å². The predicted octanol–water partition coefficient (Wildman–Crippen LogP) is 4.36. The van der Waals surface area contributed by atoms with Crippen molar-refractivity contribution >= 4 is 22.5 Å². The minimum absolute atomic E-state index is 0.0106. The van der Waals surface area contributed by atoms with Crippen molar-refractivity contribution in [3.05, 3.63) is 35.8 Å². The molecule has 1 N–H and O–H groups in total. The summed E-state index contributed by atoms with van der Waals surface area (Å²) in [5.41, 5.74) is -1.16. The number of nitrogens with zero attached hydrogens (tertiary/aromatic N) is 6. The Kier molecular flexibility index (Phi) is 5.28. The molecule has 0 aliphatic carbocycles. The molecule has 37 heavy (non-hydrogen) atoms. The molecule has 198 valence electrons. The fraction of sp³-hybridized carbons (Fsp3) is 0.435. The lowest BCUT2D eigenvalue weighted by Crippen LogP contribution is -2.53. The predicted molar refractivity (Wildman–Crippen MR) is 123 cm³/mol. The molecule has 0 radical (unpaired) electrons. The van der Waals surface area contributed by atoms with Crippen molar-refractivity contribution in [2.45, 2.75) is 38.3 Å². The van der Waals surface area contributed by atoms with Crippen LogP contribution in [-0.2, 0) is 6.54 Å². The van der Waals surface area contributed by atoms with Crippen molar-refractivity contribution in [2.75, 3.05) is 32.5 Å². The molecular weight excluding hydrogens is 504 g/mol. The van der Waals surface area contributed by atoms with Gasteiger partial charge in [0.2, 0.25) is 11.8 Å². The highest BCUT2D eigenvalue weighted by Gasteiger charge is 2.44. The van der Waals surface area contributed by atoms with Gasteiger partial charge in [0.05, 0.1) is 47.6 Å². The van der Waals surface area contributed by atoms with Crippen LogP contribution in [-0.4, -0.2) is 74.6 Å². The van der Waals surface area contributed by atoms with Crippen molar-refractivity contribution in [3.63, 3.8) is 0 Å². The molecule has 4 heterocycles. The van der Waals surface area contributed by atoms with Crippen LogP contribution in [0.1, 0.15) is 16.4 Å². The van der Waals surface area contributed by atoms with Gasteiger partial charge in [-0.15, -0.1) is 5.10 Å². The normalized spacial score (nSPS) is 19.8. The van der Waals surface area contributed by atoms with E-state index in [1.165, 1.54) is 17.9 Å². The van der Waals surface area contributed by atoms with Gasteiger partial charge < -0.3 is 19.5 Å². The summed E-state index contributed by atoms with van der Waals surface area (Å²) < 4.78 is 116. The third-order valence-electron chi connectivity index (χ3n) is 6.35. The van der Waals surface area contributed by atoms with E-state index in [2.05, 4.69) is 20.4 Å². The van der Waals surface area contributed by atoms with Crippen molar-refractivity contribution in [1.82, 2.24) is 29.0 Å². The maximum absolute atomic E-state index is 15.4. The van der Waals surface area contributed by atoms with Crippen molar-refractivity contribution < 1.29 is 35.2 Å². The lowest BCUT2D eigenvalue weighted by atomic mass is 10.0. The molecule has 14 heteroatoms. The Hall–Kier alpha value is -3.55. The molecule has 1 saturated heterocycles. The van der Waals surface area contributed by atoms with E-state index in [1.54, 1.807) is 7.05 Å². The van der Waals surface area contributed by atoms with Crippen molar-refractivity contribution in [1.29, 1.82) is 0 Å². The first-order valence-electron chi connectivity index (χ1n) is 12.7. The number of ether oxygens (including phenoxy) is 1. The summed E-state index contributed by atoms with van der Waals surface area (Å²) in [6.45, 7) is 0.418. The first kappa shape index (κ1) is 21.5. The van der Waals surface area contributed by atoms with Gasteiger partial charge in [0, 0.05) is 6.54 Å². The standard InChI is InChI=1S/C23H23F6N7O/c1-11-30-19-13(24)6-12(7-15(19)35(11)9-17(26)27)18-14(25)8-36-20(18)21(37-3)32-22(33-36)31-16-4-5-34(2)10-23(16,28)29/h6-8,16-17H,4-5,9-10H2,1-3H3,(H,31,33)/i3D3. The van der Waals surface area contributed by atoms with Crippen LogP contribution in [0, 0.1) is 18.6 Å². The van der Waals surface area contributed by atoms with Gasteiger partial charge in [-0.05, 0) is 38.1 Å². The Labute approximate surface area is 211 Å². The van der Waals surface area contributed by atoms with Crippen LogP contribution >= 0.6 is 0 Å². The van der Waals surface area contributed by atoms with Gasteiger partial charge in [-0.1, -0.05) is 0 Å². The molecule has 1 fully saturated rings. The molecule has 4 aromatic rings. The second kappa shape index (κ2) is 9.08. The minimum atomic E-state index is -3.18. The molecule has 3 aromatic heterocycles. The van der Waals surface area contributed by atoms with E-state index < -0.39 is 67.5 Å². The summed E-state index contributed by atoms with van der Waals surface area (Å²) in [6.07, 6.45) is -1.96. The molecule has 1 aromatic carbocycles. The topological polar surface area (TPSA) is 72.5 Å². The van der Waals surface area contributed by atoms with E-state index in [0.29, 0.717) is 6.54 Å². The number of imidazole rings is 1. The Bertz CT molecular complexity index is 1590. The number of hydrogen-bond donors (Lipinski definition) is 1. The Morgan fingerprint density at radius 2 is 2.03 bits per heavy atom. The number of anilines is 1. The summed E-state index contributed by atoms with van der Waals surface area (Å²) in [7, 11) is -1.55. The molecule has 0 amide bonds. The first-order chi connectivity index (χ1) is 18.6. The number of benzene rings is 1. The third-order valence-corrected chi connectivity index (χ3v) is 6.35. The molecule has 1 atom stereocenters. The third kappa shape index (κ3) is 4.43. The monoisotopic (exact) mass is 530 g/mol. The molecule has 0 spiro atoms. The Balaban J connectivity index is 1.67. The lowest BCUT2D eigenvalue weighted by molar-refractivity contribution is -0.0675. The Morgan fingerprint density at radius 1 is 1.24 bits per heavy atom.